The topological polar surface area (TPSA) is 60.4 Å². The first kappa shape index (κ1) is 8.90. The van der Waals surface area contributed by atoms with Crippen LogP contribution in [0.25, 0.3) is 5.65 Å². The number of nitrogens with two attached hydrogens (primary N) is 1. The van der Waals surface area contributed by atoms with Crippen molar-refractivity contribution in [1.29, 1.82) is 0 Å². The third kappa shape index (κ3) is 1.29. The van der Waals surface area contributed by atoms with Gasteiger partial charge in [0.25, 0.3) is 0 Å². The number of nitrogens with zero attached hydrogens (tertiary/aromatic N) is 2. The Morgan fingerprint density at radius 1 is 1.64 bits per heavy atom. The number of rotatable bonds is 2. The number of hydrogen-bond acceptors (Lipinski definition) is 3. The molecule has 0 atom stereocenters. The largest absolute Gasteiger partial charge is 0.324 e. The van der Waals surface area contributed by atoms with Crippen molar-refractivity contribution < 1.29 is 4.79 Å². The highest BCUT2D eigenvalue weighted by Crippen LogP contribution is 2.10. The van der Waals surface area contributed by atoms with Gasteiger partial charge in [0.15, 0.2) is 5.78 Å². The molecule has 2 rings (SSSR count). The SMILES string of the molecule is Cc1cn2cccc(C(=O)CN)c2n1. The van der Waals surface area contributed by atoms with E-state index in [9.17, 15) is 4.79 Å². The monoisotopic (exact) mass is 189 g/mol. The molecular weight excluding hydrogens is 178 g/mol. The average Bonchev–Trinajstić information content (AvgIpc) is 2.56. The standard InChI is InChI=1S/C10H11N3O/c1-7-6-13-4-2-3-8(9(14)5-11)10(13)12-7/h2-4,6H,5,11H2,1H3. The molecule has 0 aliphatic carbocycles. The molecule has 0 bridgehead atoms. The van der Waals surface area contributed by atoms with E-state index in [0.29, 0.717) is 11.2 Å². The predicted molar refractivity (Wildman–Crippen MR) is 53.3 cm³/mol. The second kappa shape index (κ2) is 3.23. The molecule has 0 aliphatic rings. The Balaban J connectivity index is 2.70. The Bertz CT molecular complexity index is 487. The van der Waals surface area contributed by atoms with Crippen LogP contribution in [0, 0.1) is 6.92 Å². The number of carbonyl (C=O) groups is 1. The minimum Gasteiger partial charge on any atom is -0.324 e. The van der Waals surface area contributed by atoms with Crippen LogP contribution in [0.3, 0.4) is 0 Å². The Kier molecular flexibility index (Phi) is 2.05. The van der Waals surface area contributed by atoms with Crippen LogP contribution in [0.4, 0.5) is 0 Å². The van der Waals surface area contributed by atoms with Gasteiger partial charge in [0.1, 0.15) is 5.65 Å². The van der Waals surface area contributed by atoms with E-state index in [2.05, 4.69) is 4.98 Å². The summed E-state index contributed by atoms with van der Waals surface area (Å²) in [7, 11) is 0. The van der Waals surface area contributed by atoms with Crippen molar-refractivity contribution in [2.75, 3.05) is 6.54 Å². The van der Waals surface area contributed by atoms with Gasteiger partial charge in [0.2, 0.25) is 0 Å². The number of Topliss-reactive ketones (excluding diaryl/α,β-unsaturated/α-hetero) is 1. The fourth-order valence-corrected chi connectivity index (χ4v) is 1.46. The first-order chi connectivity index (χ1) is 6.72. The molecule has 0 amide bonds. The van der Waals surface area contributed by atoms with Gasteiger partial charge in [-0.2, -0.15) is 0 Å². The first-order valence-corrected chi connectivity index (χ1v) is 4.40. The van der Waals surface area contributed by atoms with E-state index in [1.165, 1.54) is 0 Å². The van der Waals surface area contributed by atoms with Crippen molar-refractivity contribution in [1.82, 2.24) is 9.38 Å². The van der Waals surface area contributed by atoms with Gasteiger partial charge in [-0.05, 0) is 19.1 Å². The van der Waals surface area contributed by atoms with E-state index >= 15 is 0 Å². The summed E-state index contributed by atoms with van der Waals surface area (Å²) in [5.41, 5.74) is 7.47. The minimum atomic E-state index is -0.0822. The molecule has 2 aromatic heterocycles. The maximum Gasteiger partial charge on any atom is 0.180 e. The molecule has 0 radical (unpaired) electrons. The second-order valence-electron chi connectivity index (χ2n) is 3.16. The molecule has 2 heterocycles. The summed E-state index contributed by atoms with van der Waals surface area (Å²) < 4.78 is 1.83. The van der Waals surface area contributed by atoms with Crippen LogP contribution in [0.2, 0.25) is 0 Å². The van der Waals surface area contributed by atoms with Crippen LogP contribution in [0.15, 0.2) is 24.5 Å². The number of imidazole rings is 1. The highest BCUT2D eigenvalue weighted by atomic mass is 16.1. The molecule has 2 aromatic rings. The fourth-order valence-electron chi connectivity index (χ4n) is 1.46. The Hall–Kier alpha value is -1.68. The zero-order valence-electron chi connectivity index (χ0n) is 7.90. The fraction of sp³-hybridized carbons (Fsp3) is 0.200. The Morgan fingerprint density at radius 2 is 2.43 bits per heavy atom. The van der Waals surface area contributed by atoms with Gasteiger partial charge >= 0.3 is 0 Å². The molecule has 14 heavy (non-hydrogen) atoms. The highest BCUT2D eigenvalue weighted by molar-refractivity contribution is 6.02. The van der Waals surface area contributed by atoms with E-state index in [-0.39, 0.29) is 12.3 Å². The molecule has 4 heteroatoms. The number of aromatic nitrogens is 2. The van der Waals surface area contributed by atoms with Gasteiger partial charge in [-0.1, -0.05) is 0 Å². The Morgan fingerprint density at radius 3 is 3.14 bits per heavy atom. The third-order valence-electron chi connectivity index (χ3n) is 2.09. The predicted octanol–water partition coefficient (Wildman–Crippen LogP) is 0.784. The summed E-state index contributed by atoms with van der Waals surface area (Å²) >= 11 is 0. The normalized spacial score (nSPS) is 10.7. The van der Waals surface area contributed by atoms with Crippen LogP contribution >= 0.6 is 0 Å². The van der Waals surface area contributed by atoms with E-state index < -0.39 is 0 Å². The molecule has 0 saturated heterocycles. The molecule has 0 unspecified atom stereocenters. The quantitative estimate of drug-likeness (QED) is 0.710. The lowest BCUT2D eigenvalue weighted by atomic mass is 10.2. The summed E-state index contributed by atoms with van der Waals surface area (Å²) in [6.45, 7) is 1.91. The van der Waals surface area contributed by atoms with Crippen molar-refractivity contribution >= 4 is 11.4 Å². The maximum absolute atomic E-state index is 11.5. The molecule has 72 valence electrons. The van der Waals surface area contributed by atoms with Crippen molar-refractivity contribution in [3.8, 4) is 0 Å². The van der Waals surface area contributed by atoms with Crippen LogP contribution in [0.1, 0.15) is 16.1 Å². The molecular formula is C10H11N3O. The lowest BCUT2D eigenvalue weighted by Gasteiger charge is -1.99. The molecule has 0 aliphatic heterocycles. The van der Waals surface area contributed by atoms with Gasteiger partial charge < -0.3 is 10.1 Å². The maximum atomic E-state index is 11.5. The summed E-state index contributed by atoms with van der Waals surface area (Å²) in [4.78, 5) is 15.7. The Labute approximate surface area is 81.4 Å². The van der Waals surface area contributed by atoms with Crippen LogP contribution in [-0.4, -0.2) is 21.7 Å². The zero-order valence-corrected chi connectivity index (χ0v) is 7.90. The molecule has 0 aromatic carbocycles. The van der Waals surface area contributed by atoms with E-state index in [0.717, 1.165) is 5.69 Å². The lowest BCUT2D eigenvalue weighted by Crippen LogP contribution is -2.14. The molecule has 4 nitrogen and oxygen atoms in total. The zero-order chi connectivity index (χ0) is 10.1. The lowest BCUT2D eigenvalue weighted by molar-refractivity contribution is 0.100. The van der Waals surface area contributed by atoms with Crippen molar-refractivity contribution in [3.63, 3.8) is 0 Å². The van der Waals surface area contributed by atoms with Gasteiger partial charge in [-0.25, -0.2) is 4.98 Å². The molecule has 0 spiro atoms. The number of hydrogen-bond donors (Lipinski definition) is 1. The average molecular weight is 189 g/mol. The summed E-state index contributed by atoms with van der Waals surface area (Å²) in [6.07, 6.45) is 3.74. The summed E-state index contributed by atoms with van der Waals surface area (Å²) in [5.74, 6) is -0.0822. The second-order valence-corrected chi connectivity index (χ2v) is 3.16. The van der Waals surface area contributed by atoms with E-state index in [4.69, 9.17) is 5.73 Å². The van der Waals surface area contributed by atoms with Crippen molar-refractivity contribution in [2.45, 2.75) is 6.92 Å². The third-order valence-corrected chi connectivity index (χ3v) is 2.09. The van der Waals surface area contributed by atoms with Gasteiger partial charge in [0.05, 0.1) is 17.8 Å². The van der Waals surface area contributed by atoms with Crippen LogP contribution < -0.4 is 5.73 Å². The first-order valence-electron chi connectivity index (χ1n) is 4.40. The number of ketones is 1. The van der Waals surface area contributed by atoms with Crippen molar-refractivity contribution in [2.24, 2.45) is 5.73 Å². The minimum absolute atomic E-state index is 0.0194. The number of fused-ring (bicyclic) bond motifs is 1. The molecule has 2 N–H and O–H groups in total. The van der Waals surface area contributed by atoms with Gasteiger partial charge in [-0.15, -0.1) is 0 Å². The van der Waals surface area contributed by atoms with Crippen LogP contribution in [-0.2, 0) is 0 Å². The van der Waals surface area contributed by atoms with Gasteiger partial charge in [0, 0.05) is 12.4 Å². The van der Waals surface area contributed by atoms with E-state index in [1.54, 1.807) is 6.07 Å². The molecule has 0 saturated carbocycles. The number of carbonyl (C=O) groups excluding carboxylic acids is 1. The summed E-state index contributed by atoms with van der Waals surface area (Å²) in [6, 6.07) is 3.56. The number of pyridine rings is 1. The highest BCUT2D eigenvalue weighted by Gasteiger charge is 2.09. The van der Waals surface area contributed by atoms with Crippen LogP contribution in [0.5, 0.6) is 0 Å². The number of aryl methyl sites for hydroxylation is 1. The van der Waals surface area contributed by atoms with E-state index in [1.807, 2.05) is 29.8 Å². The molecule has 0 fully saturated rings. The summed E-state index contributed by atoms with van der Waals surface area (Å²) in [5, 5.41) is 0. The smallest absolute Gasteiger partial charge is 0.180 e. The van der Waals surface area contributed by atoms with Gasteiger partial charge in [-0.3, -0.25) is 4.79 Å². The van der Waals surface area contributed by atoms with Crippen molar-refractivity contribution in [3.05, 3.63) is 35.8 Å².